The highest BCUT2D eigenvalue weighted by molar-refractivity contribution is 7.99. The van der Waals surface area contributed by atoms with Crippen molar-refractivity contribution in [3.8, 4) is 0 Å². The Morgan fingerprint density at radius 2 is 2.14 bits per heavy atom. The van der Waals surface area contributed by atoms with Gasteiger partial charge in [-0.25, -0.2) is 4.98 Å². The maximum Gasteiger partial charge on any atom is 0.277 e. The second-order valence-electron chi connectivity index (χ2n) is 4.29. The molecule has 0 saturated heterocycles. The smallest absolute Gasteiger partial charge is 0.277 e. The van der Waals surface area contributed by atoms with Crippen molar-refractivity contribution in [2.24, 2.45) is 0 Å². The van der Waals surface area contributed by atoms with E-state index in [1.165, 1.54) is 11.8 Å². The summed E-state index contributed by atoms with van der Waals surface area (Å²) in [5.41, 5.74) is 5.65. The molecule has 116 valence electrons. The third-order valence-electron chi connectivity index (χ3n) is 2.73. The highest BCUT2D eigenvalue weighted by Gasteiger charge is 2.13. The fourth-order valence-electron chi connectivity index (χ4n) is 1.66. The lowest BCUT2D eigenvalue weighted by Gasteiger charge is -2.08. The fourth-order valence-corrected chi connectivity index (χ4v) is 2.43. The summed E-state index contributed by atoms with van der Waals surface area (Å²) in [6.45, 7) is 0.529. The van der Waals surface area contributed by atoms with Crippen molar-refractivity contribution >= 4 is 29.2 Å². The number of nitrogens with one attached hydrogen (secondary N) is 2. The van der Waals surface area contributed by atoms with Crippen LogP contribution >= 0.6 is 11.8 Å². The molecule has 0 spiro atoms. The number of hydrogen-bond acceptors (Lipinski definition) is 6. The number of thioether (sulfide) groups is 1. The Balaban J connectivity index is 2.15. The van der Waals surface area contributed by atoms with E-state index in [0.29, 0.717) is 23.1 Å². The second kappa shape index (κ2) is 7.62. The summed E-state index contributed by atoms with van der Waals surface area (Å²) in [6, 6.07) is 8.54. The number of rotatable bonds is 6. The van der Waals surface area contributed by atoms with E-state index in [9.17, 15) is 9.59 Å². The molecule has 0 aliphatic carbocycles. The van der Waals surface area contributed by atoms with Gasteiger partial charge < -0.3 is 15.8 Å². The third-order valence-corrected chi connectivity index (χ3v) is 3.56. The van der Waals surface area contributed by atoms with Crippen molar-refractivity contribution in [3.63, 3.8) is 0 Å². The van der Waals surface area contributed by atoms with Gasteiger partial charge in [0.25, 0.3) is 11.5 Å². The number of amides is 1. The monoisotopic (exact) mass is 320 g/mol. The normalized spacial score (nSPS) is 10.4. The predicted octanol–water partition coefficient (Wildman–Crippen LogP) is 1.34. The molecule has 2 rings (SSSR count). The van der Waals surface area contributed by atoms with E-state index in [0.717, 1.165) is 0 Å². The predicted molar refractivity (Wildman–Crippen MR) is 86.3 cm³/mol. The Labute approximate surface area is 131 Å². The minimum absolute atomic E-state index is 0.0204. The molecule has 1 heterocycles. The van der Waals surface area contributed by atoms with Crippen LogP contribution in [-0.4, -0.2) is 35.3 Å². The SMILES string of the molecule is COCCSc1nc(N)c(NC(=O)c2ccccc2)c(=O)[nH]1. The molecule has 0 aliphatic rings. The number of aromatic amines is 1. The zero-order valence-electron chi connectivity index (χ0n) is 12.0. The number of H-pyrrole nitrogens is 1. The standard InChI is InChI=1S/C14H16N4O3S/c1-21-7-8-22-14-17-11(15)10(13(20)18-14)16-12(19)9-5-3-2-4-6-9/h2-6H,7-8H2,1H3,(H,16,19)(H3,15,17,18,20). The van der Waals surface area contributed by atoms with Crippen LogP contribution in [0.5, 0.6) is 0 Å². The van der Waals surface area contributed by atoms with Crippen molar-refractivity contribution in [3.05, 3.63) is 46.2 Å². The lowest BCUT2D eigenvalue weighted by Crippen LogP contribution is -2.23. The molecule has 22 heavy (non-hydrogen) atoms. The van der Waals surface area contributed by atoms with Crippen molar-refractivity contribution in [2.75, 3.05) is 30.5 Å². The van der Waals surface area contributed by atoms with Gasteiger partial charge in [-0.05, 0) is 12.1 Å². The number of methoxy groups -OCH3 is 1. The number of nitrogens with two attached hydrogens (primary N) is 1. The van der Waals surface area contributed by atoms with E-state index in [-0.39, 0.29) is 11.5 Å². The molecule has 1 amide bonds. The number of nitrogen functional groups attached to an aromatic ring is 1. The first-order chi connectivity index (χ1) is 10.6. The van der Waals surface area contributed by atoms with Crippen LogP contribution in [0.2, 0.25) is 0 Å². The number of nitrogens with zero attached hydrogens (tertiary/aromatic N) is 1. The molecule has 8 heteroatoms. The average molecular weight is 320 g/mol. The van der Waals surface area contributed by atoms with Crippen molar-refractivity contribution in [2.45, 2.75) is 5.16 Å². The van der Waals surface area contributed by atoms with Gasteiger partial charge in [0.2, 0.25) is 0 Å². The Kier molecular flexibility index (Phi) is 5.56. The van der Waals surface area contributed by atoms with E-state index < -0.39 is 11.5 Å². The van der Waals surface area contributed by atoms with Gasteiger partial charge in [-0.3, -0.25) is 14.6 Å². The number of anilines is 2. The summed E-state index contributed by atoms with van der Waals surface area (Å²) in [4.78, 5) is 30.7. The first-order valence-corrected chi connectivity index (χ1v) is 7.48. The molecule has 0 saturated carbocycles. The summed E-state index contributed by atoms with van der Waals surface area (Å²) in [7, 11) is 1.59. The topological polar surface area (TPSA) is 110 Å². The van der Waals surface area contributed by atoms with E-state index >= 15 is 0 Å². The van der Waals surface area contributed by atoms with Crippen LogP contribution < -0.4 is 16.6 Å². The molecule has 0 aliphatic heterocycles. The van der Waals surface area contributed by atoms with E-state index in [4.69, 9.17) is 10.5 Å². The lowest BCUT2D eigenvalue weighted by molar-refractivity contribution is 0.102. The van der Waals surface area contributed by atoms with Crippen LogP contribution in [0.4, 0.5) is 11.5 Å². The van der Waals surface area contributed by atoms with Crippen LogP contribution in [0.25, 0.3) is 0 Å². The van der Waals surface area contributed by atoms with E-state index in [1.54, 1.807) is 37.4 Å². The van der Waals surface area contributed by atoms with Crippen molar-refractivity contribution < 1.29 is 9.53 Å². The molecule has 0 bridgehead atoms. The molecule has 4 N–H and O–H groups in total. The van der Waals surface area contributed by atoms with Gasteiger partial charge in [0.15, 0.2) is 11.0 Å². The maximum absolute atomic E-state index is 12.0. The number of aromatic nitrogens is 2. The minimum Gasteiger partial charge on any atom is -0.384 e. The fraction of sp³-hybridized carbons (Fsp3) is 0.214. The quantitative estimate of drug-likeness (QED) is 0.421. The van der Waals surface area contributed by atoms with Crippen LogP contribution in [0, 0.1) is 0 Å². The van der Waals surface area contributed by atoms with Gasteiger partial charge in [-0.2, -0.15) is 0 Å². The summed E-state index contributed by atoms with van der Waals surface area (Å²) in [6.07, 6.45) is 0. The Hall–Kier alpha value is -2.32. The summed E-state index contributed by atoms with van der Waals surface area (Å²) >= 11 is 1.31. The number of carbonyl (C=O) groups is 1. The highest BCUT2D eigenvalue weighted by Crippen LogP contribution is 2.17. The van der Waals surface area contributed by atoms with Gasteiger partial charge in [-0.1, -0.05) is 30.0 Å². The highest BCUT2D eigenvalue weighted by atomic mass is 32.2. The molecule has 1 aromatic heterocycles. The average Bonchev–Trinajstić information content (AvgIpc) is 2.52. The maximum atomic E-state index is 12.0. The molecule has 7 nitrogen and oxygen atoms in total. The van der Waals surface area contributed by atoms with E-state index in [1.807, 2.05) is 0 Å². The van der Waals surface area contributed by atoms with Gasteiger partial charge >= 0.3 is 0 Å². The minimum atomic E-state index is -0.489. The molecule has 0 atom stereocenters. The van der Waals surface area contributed by atoms with Crippen LogP contribution in [-0.2, 0) is 4.74 Å². The summed E-state index contributed by atoms with van der Waals surface area (Å²) in [5, 5.41) is 2.87. The van der Waals surface area contributed by atoms with Gasteiger partial charge in [0.1, 0.15) is 5.69 Å². The zero-order valence-corrected chi connectivity index (χ0v) is 12.8. The molecule has 1 aromatic carbocycles. The van der Waals surface area contributed by atoms with E-state index in [2.05, 4.69) is 15.3 Å². The van der Waals surface area contributed by atoms with Crippen molar-refractivity contribution in [1.29, 1.82) is 0 Å². The van der Waals surface area contributed by atoms with Gasteiger partial charge in [-0.15, -0.1) is 0 Å². The molecular weight excluding hydrogens is 304 g/mol. The second-order valence-corrected chi connectivity index (χ2v) is 5.38. The molecule has 2 aromatic rings. The third kappa shape index (κ3) is 4.09. The lowest BCUT2D eigenvalue weighted by atomic mass is 10.2. The first-order valence-electron chi connectivity index (χ1n) is 6.49. The summed E-state index contributed by atoms with van der Waals surface area (Å²) in [5.74, 6) is 0.196. The number of carbonyl (C=O) groups excluding carboxylic acids is 1. The molecule has 0 fully saturated rings. The number of ether oxygens (including phenoxy) is 1. The van der Waals surface area contributed by atoms with Crippen molar-refractivity contribution in [1.82, 2.24) is 9.97 Å². The van der Waals surface area contributed by atoms with Gasteiger partial charge in [0, 0.05) is 18.4 Å². The van der Waals surface area contributed by atoms with Crippen LogP contribution in [0.1, 0.15) is 10.4 Å². The summed E-state index contributed by atoms with van der Waals surface area (Å²) < 4.78 is 4.92. The first kappa shape index (κ1) is 16.1. The van der Waals surface area contributed by atoms with Gasteiger partial charge in [0.05, 0.1) is 6.61 Å². The number of benzene rings is 1. The molecular formula is C14H16N4O3S. The zero-order chi connectivity index (χ0) is 15.9. The Morgan fingerprint density at radius 1 is 1.41 bits per heavy atom. The van der Waals surface area contributed by atoms with Crippen LogP contribution in [0.3, 0.4) is 0 Å². The van der Waals surface area contributed by atoms with Crippen LogP contribution in [0.15, 0.2) is 40.3 Å². The number of hydrogen-bond donors (Lipinski definition) is 3. The molecule has 0 unspecified atom stereocenters. The molecule has 0 radical (unpaired) electrons. The Morgan fingerprint density at radius 3 is 2.77 bits per heavy atom. The Bertz CT molecular complexity index is 703. The largest absolute Gasteiger partial charge is 0.384 e.